The van der Waals surface area contributed by atoms with E-state index in [1.165, 1.54) is 17.8 Å². The number of rotatable bonds is 5. The number of thiophene rings is 1. The summed E-state index contributed by atoms with van der Waals surface area (Å²) in [4.78, 5) is 13.0. The largest absolute Gasteiger partial charge is 0.322 e. The Bertz CT molecular complexity index is 981. The number of carbonyl (C=O) groups is 1. The van der Waals surface area contributed by atoms with Crippen molar-refractivity contribution in [2.75, 3.05) is 5.32 Å². The maximum absolute atomic E-state index is 12.1. The molecule has 1 heterocycles. The van der Waals surface area contributed by atoms with Crippen LogP contribution in [0.25, 0.3) is 0 Å². The summed E-state index contributed by atoms with van der Waals surface area (Å²) in [7, 11) is -3.66. The first kappa shape index (κ1) is 17.7. The molecule has 2 aromatic carbocycles. The Morgan fingerprint density at radius 3 is 2.24 bits per heavy atom. The van der Waals surface area contributed by atoms with Crippen LogP contribution in [-0.4, -0.2) is 14.3 Å². The van der Waals surface area contributed by atoms with Gasteiger partial charge in [-0.2, -0.15) is 0 Å². The van der Waals surface area contributed by atoms with Gasteiger partial charge in [-0.1, -0.05) is 30.0 Å². The van der Waals surface area contributed by atoms with Crippen LogP contribution in [0.5, 0.6) is 0 Å². The molecule has 0 aliphatic heterocycles. The van der Waals surface area contributed by atoms with Crippen LogP contribution in [-0.2, 0) is 10.0 Å². The van der Waals surface area contributed by atoms with Crippen molar-refractivity contribution >= 4 is 44.7 Å². The molecule has 0 aliphatic carbocycles. The van der Waals surface area contributed by atoms with Gasteiger partial charge in [0.25, 0.3) is 5.91 Å². The van der Waals surface area contributed by atoms with Crippen LogP contribution in [0.1, 0.15) is 10.4 Å². The van der Waals surface area contributed by atoms with Gasteiger partial charge >= 0.3 is 0 Å². The smallest absolute Gasteiger partial charge is 0.255 e. The Balaban J connectivity index is 1.66. The molecule has 1 aromatic heterocycles. The molecule has 8 heteroatoms. The molecule has 5 nitrogen and oxygen atoms in total. The molecule has 3 aromatic rings. The average Bonchev–Trinajstić information content (AvgIpc) is 3.06. The molecule has 0 radical (unpaired) electrons. The molecule has 25 heavy (non-hydrogen) atoms. The highest BCUT2D eigenvalue weighted by atomic mass is 32.3. The number of amides is 1. The maximum Gasteiger partial charge on any atom is 0.255 e. The third-order valence-electron chi connectivity index (χ3n) is 3.20. The summed E-state index contributed by atoms with van der Waals surface area (Å²) in [5.41, 5.74) is 1.28. The van der Waals surface area contributed by atoms with E-state index in [1.807, 2.05) is 30.3 Å². The Hall–Kier alpha value is -2.13. The molecule has 1 amide bonds. The van der Waals surface area contributed by atoms with Crippen molar-refractivity contribution in [3.63, 3.8) is 0 Å². The average molecular weight is 391 g/mol. The molecule has 3 rings (SSSR count). The molecule has 0 aliphatic rings. The monoisotopic (exact) mass is 390 g/mol. The fourth-order valence-electron chi connectivity index (χ4n) is 2.03. The lowest BCUT2D eigenvalue weighted by atomic mass is 10.2. The van der Waals surface area contributed by atoms with Gasteiger partial charge in [0, 0.05) is 16.1 Å². The van der Waals surface area contributed by atoms with Crippen molar-refractivity contribution in [3.05, 3.63) is 72.3 Å². The van der Waals surface area contributed by atoms with Gasteiger partial charge in [0.1, 0.15) is 4.21 Å². The van der Waals surface area contributed by atoms with Crippen LogP contribution >= 0.6 is 23.1 Å². The number of benzene rings is 2. The minimum atomic E-state index is -3.66. The Kier molecular flexibility index (Phi) is 5.24. The normalized spacial score (nSPS) is 11.2. The fraction of sp³-hybridized carbons (Fsp3) is 0. The van der Waals surface area contributed by atoms with Crippen LogP contribution in [0, 0.1) is 0 Å². The standard InChI is InChI=1S/C17H14N2O3S3/c18-25(21,22)16-11-10-15(24-16)23-14-8-6-13(7-9-14)19-17(20)12-4-2-1-3-5-12/h1-11H,(H,19,20)(H2,18,21,22). The number of hydrogen-bond acceptors (Lipinski definition) is 5. The summed E-state index contributed by atoms with van der Waals surface area (Å²) in [6.07, 6.45) is 0. The second-order valence-electron chi connectivity index (χ2n) is 5.07. The minimum Gasteiger partial charge on any atom is -0.322 e. The molecule has 0 saturated heterocycles. The number of anilines is 1. The number of hydrogen-bond donors (Lipinski definition) is 2. The van der Waals surface area contributed by atoms with Gasteiger partial charge in [-0.15, -0.1) is 11.3 Å². The van der Waals surface area contributed by atoms with E-state index >= 15 is 0 Å². The summed E-state index contributed by atoms with van der Waals surface area (Å²) in [5.74, 6) is -0.169. The van der Waals surface area contributed by atoms with E-state index in [1.54, 1.807) is 30.3 Å². The second-order valence-corrected chi connectivity index (χ2v) is 9.31. The van der Waals surface area contributed by atoms with Crippen molar-refractivity contribution in [3.8, 4) is 0 Å². The molecule has 0 unspecified atom stereocenters. The topological polar surface area (TPSA) is 89.3 Å². The predicted octanol–water partition coefficient (Wildman–Crippen LogP) is 3.80. The third kappa shape index (κ3) is 4.70. The van der Waals surface area contributed by atoms with Gasteiger partial charge in [-0.05, 0) is 48.5 Å². The van der Waals surface area contributed by atoms with Gasteiger partial charge in [-0.25, -0.2) is 13.6 Å². The van der Waals surface area contributed by atoms with E-state index in [0.717, 1.165) is 20.4 Å². The SMILES string of the molecule is NS(=O)(=O)c1ccc(Sc2ccc(NC(=O)c3ccccc3)cc2)s1. The van der Waals surface area contributed by atoms with E-state index in [9.17, 15) is 13.2 Å². The van der Waals surface area contributed by atoms with Crippen LogP contribution in [0.3, 0.4) is 0 Å². The van der Waals surface area contributed by atoms with Crippen LogP contribution in [0.4, 0.5) is 5.69 Å². The molecule has 3 N–H and O–H groups in total. The van der Waals surface area contributed by atoms with Gasteiger partial charge in [-0.3, -0.25) is 4.79 Å². The summed E-state index contributed by atoms with van der Waals surface area (Å²) in [6.45, 7) is 0. The zero-order valence-corrected chi connectivity index (χ0v) is 15.3. The first-order valence-corrected chi connectivity index (χ1v) is 10.4. The molecule has 128 valence electrons. The zero-order chi connectivity index (χ0) is 17.9. The van der Waals surface area contributed by atoms with E-state index in [0.29, 0.717) is 11.3 Å². The van der Waals surface area contributed by atoms with Gasteiger partial charge in [0.05, 0.1) is 4.21 Å². The predicted molar refractivity (Wildman–Crippen MR) is 101 cm³/mol. The van der Waals surface area contributed by atoms with Crippen LogP contribution < -0.4 is 10.5 Å². The zero-order valence-electron chi connectivity index (χ0n) is 12.9. The maximum atomic E-state index is 12.1. The fourth-order valence-corrected chi connectivity index (χ4v) is 5.01. The van der Waals surface area contributed by atoms with Crippen molar-refractivity contribution in [1.82, 2.24) is 0 Å². The quantitative estimate of drug-likeness (QED) is 0.693. The summed E-state index contributed by atoms with van der Waals surface area (Å²) in [6, 6.07) is 19.5. The number of nitrogens with two attached hydrogens (primary N) is 1. The number of carbonyl (C=O) groups excluding carboxylic acids is 1. The van der Waals surface area contributed by atoms with Gasteiger partial charge < -0.3 is 5.32 Å². The number of primary sulfonamides is 1. The molecule has 0 saturated carbocycles. The molecule has 0 fully saturated rings. The van der Waals surface area contributed by atoms with Gasteiger partial charge in [0.2, 0.25) is 10.0 Å². The Labute approximate surface area is 153 Å². The summed E-state index contributed by atoms with van der Waals surface area (Å²) < 4.78 is 23.6. The van der Waals surface area contributed by atoms with E-state index in [-0.39, 0.29) is 10.1 Å². The van der Waals surface area contributed by atoms with Crippen molar-refractivity contribution < 1.29 is 13.2 Å². The van der Waals surface area contributed by atoms with E-state index in [2.05, 4.69) is 5.32 Å². The Morgan fingerprint density at radius 2 is 1.64 bits per heavy atom. The number of sulfonamides is 1. The Morgan fingerprint density at radius 1 is 0.960 bits per heavy atom. The highest BCUT2D eigenvalue weighted by Gasteiger charge is 2.12. The number of nitrogens with one attached hydrogen (secondary N) is 1. The molecular formula is C17H14N2O3S3. The lowest BCUT2D eigenvalue weighted by molar-refractivity contribution is 0.102. The third-order valence-corrected chi connectivity index (χ3v) is 6.87. The highest BCUT2D eigenvalue weighted by molar-refractivity contribution is 8.01. The van der Waals surface area contributed by atoms with Crippen molar-refractivity contribution in [2.45, 2.75) is 13.3 Å². The summed E-state index contributed by atoms with van der Waals surface area (Å²) >= 11 is 2.56. The van der Waals surface area contributed by atoms with E-state index < -0.39 is 10.0 Å². The molecule has 0 atom stereocenters. The highest BCUT2D eigenvalue weighted by Crippen LogP contribution is 2.35. The van der Waals surface area contributed by atoms with Crippen molar-refractivity contribution in [2.24, 2.45) is 5.14 Å². The molecule has 0 spiro atoms. The molecule has 0 bridgehead atoms. The second kappa shape index (κ2) is 7.40. The van der Waals surface area contributed by atoms with Crippen molar-refractivity contribution in [1.29, 1.82) is 0 Å². The van der Waals surface area contributed by atoms with E-state index in [4.69, 9.17) is 5.14 Å². The minimum absolute atomic E-state index is 0.141. The summed E-state index contributed by atoms with van der Waals surface area (Å²) in [5, 5.41) is 7.94. The molecular weight excluding hydrogens is 376 g/mol. The lowest BCUT2D eigenvalue weighted by Gasteiger charge is -2.06. The first-order valence-electron chi connectivity index (χ1n) is 7.19. The lowest BCUT2D eigenvalue weighted by Crippen LogP contribution is -2.11. The van der Waals surface area contributed by atoms with Crippen LogP contribution in [0.2, 0.25) is 0 Å². The first-order chi connectivity index (χ1) is 11.9. The van der Waals surface area contributed by atoms with Gasteiger partial charge in [0.15, 0.2) is 0 Å². The van der Waals surface area contributed by atoms with Crippen LogP contribution in [0.15, 0.2) is 80.0 Å².